The molecule has 0 unspecified atom stereocenters. The van der Waals surface area contributed by atoms with Crippen molar-refractivity contribution in [2.24, 2.45) is 0 Å². The molecular weight excluding hydrogens is 308 g/mol. The van der Waals surface area contributed by atoms with E-state index >= 15 is 0 Å². The maximum atomic E-state index is 12.8. The highest BCUT2D eigenvalue weighted by Crippen LogP contribution is 2.32. The Balaban J connectivity index is 2.33. The highest BCUT2D eigenvalue weighted by atomic mass is 16.5. The van der Waals surface area contributed by atoms with Crippen LogP contribution >= 0.6 is 0 Å². The van der Waals surface area contributed by atoms with E-state index in [1.165, 1.54) is 6.92 Å². The number of nitrogens with one attached hydrogen (secondary N) is 2. The maximum Gasteiger partial charge on any atom is 0.331 e. The molecule has 2 rings (SSSR count). The molecule has 0 aromatic carbocycles. The molecule has 0 bridgehead atoms. The Bertz CT molecular complexity index is 654. The Morgan fingerprint density at radius 2 is 1.83 bits per heavy atom. The molecular formula is C18H26N2O4. The first kappa shape index (κ1) is 18.2. The lowest BCUT2D eigenvalue weighted by Gasteiger charge is -2.27. The normalized spacial score (nSPS) is 16.0. The van der Waals surface area contributed by atoms with Crippen molar-refractivity contribution in [2.45, 2.75) is 65.3 Å². The molecule has 1 aliphatic rings. The lowest BCUT2D eigenvalue weighted by atomic mass is 9.96. The van der Waals surface area contributed by atoms with Gasteiger partial charge in [-0.25, -0.2) is 4.79 Å². The molecule has 0 spiro atoms. The van der Waals surface area contributed by atoms with E-state index in [-0.39, 0.29) is 24.3 Å². The molecule has 1 fully saturated rings. The van der Waals surface area contributed by atoms with E-state index in [2.05, 4.69) is 10.3 Å². The van der Waals surface area contributed by atoms with Gasteiger partial charge in [0, 0.05) is 11.3 Å². The lowest BCUT2D eigenvalue weighted by molar-refractivity contribution is -0.150. The minimum absolute atomic E-state index is 0.0689. The summed E-state index contributed by atoms with van der Waals surface area (Å²) in [6.45, 7) is 7.22. The number of carbonyl (C=O) groups excluding carboxylic acids is 3. The van der Waals surface area contributed by atoms with Crippen molar-refractivity contribution >= 4 is 17.7 Å². The second-order valence-electron chi connectivity index (χ2n) is 6.35. The molecule has 1 heterocycles. The fourth-order valence-corrected chi connectivity index (χ4v) is 3.61. The molecule has 0 aliphatic heterocycles. The van der Waals surface area contributed by atoms with E-state index in [1.54, 1.807) is 13.8 Å². The summed E-state index contributed by atoms with van der Waals surface area (Å²) in [5, 5.41) is 2.89. The van der Waals surface area contributed by atoms with E-state index < -0.39 is 5.54 Å². The molecule has 1 amide bonds. The van der Waals surface area contributed by atoms with Crippen molar-refractivity contribution in [1.82, 2.24) is 10.3 Å². The summed E-state index contributed by atoms with van der Waals surface area (Å²) in [5.41, 5.74) is 1.37. The third-order valence-corrected chi connectivity index (χ3v) is 4.70. The molecule has 1 aliphatic carbocycles. The third kappa shape index (κ3) is 3.23. The Hall–Kier alpha value is -2.11. The number of hydrogen-bond acceptors (Lipinski definition) is 4. The number of aromatic amines is 1. The van der Waals surface area contributed by atoms with E-state index in [0.29, 0.717) is 41.8 Å². The molecule has 132 valence electrons. The predicted octanol–water partition coefficient (Wildman–Crippen LogP) is 2.69. The van der Waals surface area contributed by atoms with Crippen molar-refractivity contribution in [3.05, 3.63) is 22.5 Å². The molecule has 1 saturated carbocycles. The van der Waals surface area contributed by atoms with Crippen molar-refractivity contribution in [3.63, 3.8) is 0 Å². The van der Waals surface area contributed by atoms with Crippen molar-refractivity contribution in [1.29, 1.82) is 0 Å². The smallest absolute Gasteiger partial charge is 0.331 e. The number of H-pyrrole nitrogens is 1. The van der Waals surface area contributed by atoms with Crippen molar-refractivity contribution in [3.8, 4) is 0 Å². The number of aryl methyl sites for hydroxylation is 1. The summed E-state index contributed by atoms with van der Waals surface area (Å²) >= 11 is 0. The summed E-state index contributed by atoms with van der Waals surface area (Å²) in [6.07, 6.45) is 3.48. The minimum Gasteiger partial charge on any atom is -0.464 e. The molecule has 1 aromatic heterocycles. The van der Waals surface area contributed by atoms with Crippen LogP contribution in [-0.2, 0) is 16.0 Å². The van der Waals surface area contributed by atoms with Crippen LogP contribution in [0, 0.1) is 6.92 Å². The van der Waals surface area contributed by atoms with Gasteiger partial charge in [0.05, 0.1) is 6.61 Å². The monoisotopic (exact) mass is 334 g/mol. The van der Waals surface area contributed by atoms with Gasteiger partial charge < -0.3 is 15.0 Å². The fraction of sp³-hybridized carbons (Fsp3) is 0.611. The van der Waals surface area contributed by atoms with Gasteiger partial charge >= 0.3 is 5.97 Å². The third-order valence-electron chi connectivity index (χ3n) is 4.70. The summed E-state index contributed by atoms with van der Waals surface area (Å²) < 4.78 is 5.17. The van der Waals surface area contributed by atoms with Gasteiger partial charge in [-0.15, -0.1) is 0 Å². The van der Waals surface area contributed by atoms with E-state index in [0.717, 1.165) is 12.8 Å². The lowest BCUT2D eigenvalue weighted by Crippen LogP contribution is -2.53. The summed E-state index contributed by atoms with van der Waals surface area (Å²) in [4.78, 5) is 40.1. The molecule has 0 saturated heterocycles. The van der Waals surface area contributed by atoms with Gasteiger partial charge in [0.2, 0.25) is 0 Å². The number of Topliss-reactive ketones (excluding diaryl/α,β-unsaturated/α-hetero) is 1. The van der Waals surface area contributed by atoms with Crippen molar-refractivity contribution < 1.29 is 19.1 Å². The Labute approximate surface area is 142 Å². The Morgan fingerprint density at radius 1 is 1.21 bits per heavy atom. The predicted molar refractivity (Wildman–Crippen MR) is 90.2 cm³/mol. The molecule has 6 heteroatoms. The first-order valence-electron chi connectivity index (χ1n) is 8.58. The molecule has 0 radical (unpaired) electrons. The summed E-state index contributed by atoms with van der Waals surface area (Å²) in [6, 6.07) is 0. The quantitative estimate of drug-likeness (QED) is 0.618. The largest absolute Gasteiger partial charge is 0.464 e. The zero-order valence-electron chi connectivity index (χ0n) is 14.9. The molecule has 0 atom stereocenters. The van der Waals surface area contributed by atoms with Gasteiger partial charge in [-0.05, 0) is 45.6 Å². The second-order valence-corrected chi connectivity index (χ2v) is 6.35. The van der Waals surface area contributed by atoms with Gasteiger partial charge in [0.25, 0.3) is 5.91 Å². The number of rotatable bonds is 6. The molecule has 6 nitrogen and oxygen atoms in total. The highest BCUT2D eigenvalue weighted by Gasteiger charge is 2.44. The maximum absolute atomic E-state index is 12.8. The van der Waals surface area contributed by atoms with Crippen LogP contribution in [0.15, 0.2) is 0 Å². The Morgan fingerprint density at radius 3 is 2.33 bits per heavy atom. The number of aromatic nitrogens is 1. The van der Waals surface area contributed by atoms with Crippen LogP contribution in [0.3, 0.4) is 0 Å². The fourth-order valence-electron chi connectivity index (χ4n) is 3.61. The van der Waals surface area contributed by atoms with Crippen LogP contribution in [0.4, 0.5) is 0 Å². The van der Waals surface area contributed by atoms with E-state index in [4.69, 9.17) is 4.74 Å². The van der Waals surface area contributed by atoms with Gasteiger partial charge in [0.1, 0.15) is 11.2 Å². The molecule has 24 heavy (non-hydrogen) atoms. The van der Waals surface area contributed by atoms with Crippen LogP contribution in [0.1, 0.15) is 78.6 Å². The van der Waals surface area contributed by atoms with Crippen LogP contribution < -0.4 is 5.32 Å². The number of hydrogen-bond donors (Lipinski definition) is 2. The van der Waals surface area contributed by atoms with Gasteiger partial charge in [-0.2, -0.15) is 0 Å². The van der Waals surface area contributed by atoms with Crippen LogP contribution in [-0.4, -0.2) is 34.8 Å². The average molecular weight is 334 g/mol. The van der Waals surface area contributed by atoms with E-state index in [9.17, 15) is 14.4 Å². The average Bonchev–Trinajstić information content (AvgIpc) is 3.12. The minimum atomic E-state index is -0.951. The van der Waals surface area contributed by atoms with Crippen LogP contribution in [0.5, 0.6) is 0 Å². The number of esters is 1. The first-order chi connectivity index (χ1) is 11.4. The number of ketones is 1. The van der Waals surface area contributed by atoms with Crippen molar-refractivity contribution in [2.75, 3.05) is 6.61 Å². The molecule has 1 aromatic rings. The number of ether oxygens (including phenoxy) is 1. The molecule has 2 N–H and O–H groups in total. The topological polar surface area (TPSA) is 88.3 Å². The second kappa shape index (κ2) is 7.20. The summed E-state index contributed by atoms with van der Waals surface area (Å²) in [5.74, 6) is -0.790. The Kier molecular flexibility index (Phi) is 5.47. The first-order valence-corrected chi connectivity index (χ1v) is 8.58. The van der Waals surface area contributed by atoms with Gasteiger partial charge in [0.15, 0.2) is 5.78 Å². The highest BCUT2D eigenvalue weighted by molar-refractivity contribution is 6.04. The zero-order valence-corrected chi connectivity index (χ0v) is 14.9. The van der Waals surface area contributed by atoms with Gasteiger partial charge in [-0.3, -0.25) is 9.59 Å². The van der Waals surface area contributed by atoms with Gasteiger partial charge in [-0.1, -0.05) is 19.8 Å². The standard InChI is InChI=1S/C18H26N2O4/c1-5-13-14(12(4)21)11(3)19-15(13)16(22)20-18(9-7-8-10-18)17(23)24-6-2/h19H,5-10H2,1-4H3,(H,20,22). The van der Waals surface area contributed by atoms with E-state index in [1.807, 2.05) is 6.92 Å². The van der Waals surface area contributed by atoms with Crippen LogP contribution in [0.25, 0.3) is 0 Å². The number of carbonyl (C=O) groups is 3. The van der Waals surface area contributed by atoms with Crippen LogP contribution in [0.2, 0.25) is 0 Å². The summed E-state index contributed by atoms with van der Waals surface area (Å²) in [7, 11) is 0. The SMILES string of the molecule is CCOC(=O)C1(NC(=O)c2[nH]c(C)c(C(C)=O)c2CC)CCCC1. The zero-order chi connectivity index (χ0) is 17.9. The number of amides is 1.